The Kier molecular flexibility index (Phi) is 5.76. The van der Waals surface area contributed by atoms with Crippen LogP contribution in [-0.4, -0.2) is 66.1 Å². The van der Waals surface area contributed by atoms with E-state index in [4.69, 9.17) is 4.74 Å². The van der Waals surface area contributed by atoms with Crippen LogP contribution in [0.4, 0.5) is 0 Å². The Morgan fingerprint density at radius 2 is 1.63 bits per heavy atom. The van der Waals surface area contributed by atoms with E-state index in [1.165, 1.54) is 6.92 Å². The van der Waals surface area contributed by atoms with Gasteiger partial charge in [0.05, 0.1) is 13.2 Å². The fraction of sp³-hybridized carbons (Fsp3) is 0.333. The Balaban J connectivity index is 1.77. The van der Waals surface area contributed by atoms with Crippen LogP contribution in [0.2, 0.25) is 0 Å². The monoisotopic (exact) mass is 368 g/mol. The SMILES string of the molecule is COc1ccccc1-c1ccc(C(=O)N2CCN(C(C)=O)CC(O)C2)cc1. The largest absolute Gasteiger partial charge is 0.496 e. The number of β-amino-alcohol motifs (C(OH)–C–C–N with tert-alkyl or cyclic N) is 1. The Morgan fingerprint density at radius 1 is 1.00 bits per heavy atom. The molecule has 1 atom stereocenters. The van der Waals surface area contributed by atoms with Crippen LogP contribution in [0.3, 0.4) is 0 Å². The molecular formula is C21H24N2O4. The Morgan fingerprint density at radius 3 is 2.30 bits per heavy atom. The number of carbonyl (C=O) groups is 2. The fourth-order valence-corrected chi connectivity index (χ4v) is 3.32. The van der Waals surface area contributed by atoms with E-state index < -0.39 is 6.10 Å². The number of para-hydroxylation sites is 1. The van der Waals surface area contributed by atoms with Crippen molar-refractivity contribution in [1.82, 2.24) is 9.80 Å². The highest BCUT2D eigenvalue weighted by molar-refractivity contribution is 5.95. The second-order valence-corrected chi connectivity index (χ2v) is 6.65. The second-order valence-electron chi connectivity index (χ2n) is 6.65. The average Bonchev–Trinajstić information content (AvgIpc) is 2.89. The molecule has 1 aliphatic rings. The molecule has 3 rings (SSSR count). The number of nitrogens with zero attached hydrogens (tertiary/aromatic N) is 2. The highest BCUT2D eigenvalue weighted by Gasteiger charge is 2.26. The average molecular weight is 368 g/mol. The Hall–Kier alpha value is -2.86. The van der Waals surface area contributed by atoms with E-state index in [-0.39, 0.29) is 24.9 Å². The van der Waals surface area contributed by atoms with Crippen molar-refractivity contribution in [2.75, 3.05) is 33.3 Å². The minimum absolute atomic E-state index is 0.0930. The van der Waals surface area contributed by atoms with Gasteiger partial charge in [-0.15, -0.1) is 0 Å². The normalized spacial score (nSPS) is 17.4. The van der Waals surface area contributed by atoms with Crippen LogP contribution >= 0.6 is 0 Å². The number of hydrogen-bond donors (Lipinski definition) is 1. The minimum atomic E-state index is -0.742. The van der Waals surface area contributed by atoms with Crippen LogP contribution in [0, 0.1) is 0 Å². The molecule has 0 bridgehead atoms. The highest BCUT2D eigenvalue weighted by atomic mass is 16.5. The van der Waals surface area contributed by atoms with Gasteiger partial charge in [0.2, 0.25) is 5.91 Å². The Labute approximate surface area is 159 Å². The van der Waals surface area contributed by atoms with Crippen molar-refractivity contribution in [2.24, 2.45) is 0 Å². The lowest BCUT2D eigenvalue weighted by atomic mass is 10.0. The van der Waals surface area contributed by atoms with Gasteiger partial charge in [-0.05, 0) is 23.8 Å². The molecule has 2 amide bonds. The summed E-state index contributed by atoms with van der Waals surface area (Å²) in [7, 11) is 1.63. The van der Waals surface area contributed by atoms with Gasteiger partial charge in [-0.25, -0.2) is 0 Å². The van der Waals surface area contributed by atoms with Crippen molar-refractivity contribution in [3.63, 3.8) is 0 Å². The molecule has 1 fully saturated rings. The van der Waals surface area contributed by atoms with E-state index in [0.717, 1.165) is 16.9 Å². The number of ether oxygens (including phenoxy) is 1. The molecule has 1 unspecified atom stereocenters. The fourth-order valence-electron chi connectivity index (χ4n) is 3.32. The van der Waals surface area contributed by atoms with Crippen molar-refractivity contribution in [3.8, 4) is 16.9 Å². The number of carbonyl (C=O) groups excluding carboxylic acids is 2. The summed E-state index contributed by atoms with van der Waals surface area (Å²) in [6, 6.07) is 15.1. The van der Waals surface area contributed by atoms with Crippen molar-refractivity contribution >= 4 is 11.8 Å². The van der Waals surface area contributed by atoms with E-state index in [1.54, 1.807) is 29.0 Å². The van der Waals surface area contributed by atoms with Gasteiger partial charge in [0.15, 0.2) is 0 Å². The van der Waals surface area contributed by atoms with Crippen LogP contribution in [0.5, 0.6) is 5.75 Å². The molecule has 27 heavy (non-hydrogen) atoms. The summed E-state index contributed by atoms with van der Waals surface area (Å²) in [6.07, 6.45) is -0.742. The van der Waals surface area contributed by atoms with Crippen LogP contribution in [0.25, 0.3) is 11.1 Å². The lowest BCUT2D eigenvalue weighted by Gasteiger charge is -2.22. The molecule has 2 aromatic carbocycles. The first-order valence-electron chi connectivity index (χ1n) is 8.96. The van der Waals surface area contributed by atoms with Crippen molar-refractivity contribution in [1.29, 1.82) is 0 Å². The molecule has 1 aliphatic heterocycles. The number of aliphatic hydroxyl groups is 1. The third-order valence-corrected chi connectivity index (χ3v) is 4.78. The van der Waals surface area contributed by atoms with E-state index in [9.17, 15) is 14.7 Å². The molecule has 6 heteroatoms. The summed E-state index contributed by atoms with van der Waals surface area (Å²) >= 11 is 0. The zero-order valence-corrected chi connectivity index (χ0v) is 15.6. The number of rotatable bonds is 3. The number of hydrogen-bond acceptors (Lipinski definition) is 4. The molecule has 6 nitrogen and oxygen atoms in total. The summed E-state index contributed by atoms with van der Waals surface area (Å²) in [4.78, 5) is 27.6. The number of methoxy groups -OCH3 is 1. The maximum atomic E-state index is 12.8. The molecule has 0 spiro atoms. The van der Waals surface area contributed by atoms with Crippen LogP contribution < -0.4 is 4.74 Å². The highest BCUT2D eigenvalue weighted by Crippen LogP contribution is 2.29. The van der Waals surface area contributed by atoms with Gasteiger partial charge in [0.1, 0.15) is 5.75 Å². The first kappa shape index (κ1) is 18.9. The van der Waals surface area contributed by atoms with E-state index in [1.807, 2.05) is 36.4 Å². The topological polar surface area (TPSA) is 70.1 Å². The second kappa shape index (κ2) is 8.22. The predicted molar refractivity (Wildman–Crippen MR) is 103 cm³/mol. The van der Waals surface area contributed by atoms with Crippen molar-refractivity contribution in [2.45, 2.75) is 13.0 Å². The van der Waals surface area contributed by atoms with Gasteiger partial charge < -0.3 is 19.6 Å². The summed E-state index contributed by atoms with van der Waals surface area (Å²) in [6.45, 7) is 2.78. The molecule has 0 saturated carbocycles. The summed E-state index contributed by atoms with van der Waals surface area (Å²) < 4.78 is 5.39. The number of benzene rings is 2. The number of amides is 2. The molecule has 0 aliphatic carbocycles. The third-order valence-electron chi connectivity index (χ3n) is 4.78. The molecular weight excluding hydrogens is 344 g/mol. The maximum absolute atomic E-state index is 12.8. The molecule has 1 saturated heterocycles. The summed E-state index contributed by atoms with van der Waals surface area (Å²) in [5.74, 6) is 0.534. The first-order chi connectivity index (χ1) is 13.0. The zero-order valence-electron chi connectivity index (χ0n) is 15.6. The van der Waals surface area contributed by atoms with Crippen molar-refractivity contribution in [3.05, 3.63) is 54.1 Å². The lowest BCUT2D eigenvalue weighted by molar-refractivity contribution is -0.129. The lowest BCUT2D eigenvalue weighted by Crippen LogP contribution is -2.37. The molecule has 0 radical (unpaired) electrons. The molecule has 0 aromatic heterocycles. The van der Waals surface area contributed by atoms with E-state index in [2.05, 4.69) is 0 Å². The minimum Gasteiger partial charge on any atom is -0.496 e. The van der Waals surface area contributed by atoms with Crippen molar-refractivity contribution < 1.29 is 19.4 Å². The van der Waals surface area contributed by atoms with E-state index >= 15 is 0 Å². The molecule has 1 heterocycles. The van der Waals surface area contributed by atoms with Gasteiger partial charge in [-0.1, -0.05) is 30.3 Å². The number of aliphatic hydroxyl groups excluding tert-OH is 1. The quantitative estimate of drug-likeness (QED) is 0.900. The maximum Gasteiger partial charge on any atom is 0.254 e. The smallest absolute Gasteiger partial charge is 0.254 e. The van der Waals surface area contributed by atoms with Gasteiger partial charge in [-0.2, -0.15) is 0 Å². The van der Waals surface area contributed by atoms with Gasteiger partial charge in [-0.3, -0.25) is 9.59 Å². The molecule has 142 valence electrons. The molecule has 1 N–H and O–H groups in total. The standard InChI is InChI=1S/C21H24N2O4/c1-15(24)22-11-12-23(14-18(25)13-22)21(26)17-9-7-16(8-10-17)19-5-3-4-6-20(19)27-2/h3-10,18,25H,11-14H2,1-2H3. The summed E-state index contributed by atoms with van der Waals surface area (Å²) in [5.41, 5.74) is 2.47. The van der Waals surface area contributed by atoms with Gasteiger partial charge >= 0.3 is 0 Å². The first-order valence-corrected chi connectivity index (χ1v) is 8.96. The summed E-state index contributed by atoms with van der Waals surface area (Å²) in [5, 5.41) is 10.1. The van der Waals surface area contributed by atoms with Crippen LogP contribution in [0.15, 0.2) is 48.5 Å². The third kappa shape index (κ3) is 4.28. The predicted octanol–water partition coefficient (Wildman–Crippen LogP) is 2.03. The zero-order chi connectivity index (χ0) is 19.4. The van der Waals surface area contributed by atoms with Gasteiger partial charge in [0, 0.05) is 44.2 Å². The Bertz CT molecular complexity index is 819. The van der Waals surface area contributed by atoms with Crippen LogP contribution in [-0.2, 0) is 4.79 Å². The van der Waals surface area contributed by atoms with Crippen LogP contribution in [0.1, 0.15) is 17.3 Å². The van der Waals surface area contributed by atoms with Gasteiger partial charge in [0.25, 0.3) is 5.91 Å². The molecule has 2 aromatic rings. The van der Waals surface area contributed by atoms with E-state index in [0.29, 0.717) is 18.7 Å².